The van der Waals surface area contributed by atoms with Crippen molar-refractivity contribution < 1.29 is 9.53 Å². The maximum atomic E-state index is 11.2. The summed E-state index contributed by atoms with van der Waals surface area (Å²) >= 11 is 0. The van der Waals surface area contributed by atoms with Crippen molar-refractivity contribution in [3.63, 3.8) is 0 Å². The number of aliphatic imine (C=N–C) groups is 1. The number of methoxy groups -OCH3 is 1. The molecule has 1 heterocycles. The molecular weight excluding hydrogens is 220 g/mol. The molecule has 86 valence electrons. The van der Waals surface area contributed by atoms with Crippen LogP contribution in [0.2, 0.25) is 0 Å². The number of hydrogen-bond donors (Lipinski definition) is 1. The second kappa shape index (κ2) is 4.56. The molecule has 1 N–H and O–H groups in total. The molecule has 2 rings (SSSR count). The Hall–Kier alpha value is -2.50. The van der Waals surface area contributed by atoms with Gasteiger partial charge in [-0.1, -0.05) is 6.58 Å². The molecule has 1 aromatic rings. The van der Waals surface area contributed by atoms with E-state index in [1.165, 1.54) is 0 Å². The first-order valence-corrected chi connectivity index (χ1v) is 4.84. The molecule has 1 amide bonds. The van der Waals surface area contributed by atoms with E-state index in [1.807, 2.05) is 0 Å². The maximum Gasteiger partial charge on any atom is 0.277 e. The van der Waals surface area contributed by atoms with E-state index in [9.17, 15) is 4.79 Å². The summed E-state index contributed by atoms with van der Waals surface area (Å²) in [6, 6.07) is 7.02. The number of amides is 1. The van der Waals surface area contributed by atoms with Crippen LogP contribution in [-0.2, 0) is 4.79 Å². The predicted octanol–water partition coefficient (Wildman–Crippen LogP) is 1.78. The van der Waals surface area contributed by atoms with E-state index in [4.69, 9.17) is 4.74 Å². The van der Waals surface area contributed by atoms with E-state index in [2.05, 4.69) is 27.1 Å². The zero-order chi connectivity index (χ0) is 12.3. The van der Waals surface area contributed by atoms with Crippen LogP contribution in [0.25, 0.3) is 0 Å². The molecule has 1 aliphatic heterocycles. The molecule has 0 atom stereocenters. The Labute approximate surface area is 97.7 Å². The largest absolute Gasteiger partial charge is 0.497 e. The van der Waals surface area contributed by atoms with E-state index < -0.39 is 5.91 Å². The van der Waals surface area contributed by atoms with Gasteiger partial charge in [-0.25, -0.2) is 4.99 Å². The highest BCUT2D eigenvalue weighted by Gasteiger charge is 2.14. The van der Waals surface area contributed by atoms with E-state index >= 15 is 0 Å². The second-order valence-electron chi connectivity index (χ2n) is 3.23. The third-order valence-corrected chi connectivity index (χ3v) is 2.06. The van der Waals surface area contributed by atoms with Crippen LogP contribution in [0.1, 0.15) is 0 Å². The lowest BCUT2D eigenvalue weighted by atomic mass is 10.3. The first kappa shape index (κ1) is 11.0. The van der Waals surface area contributed by atoms with Crippen molar-refractivity contribution in [1.82, 2.24) is 5.32 Å². The number of benzene rings is 1. The van der Waals surface area contributed by atoms with Gasteiger partial charge in [0.05, 0.1) is 12.8 Å². The van der Waals surface area contributed by atoms with Crippen LogP contribution in [0.3, 0.4) is 0 Å². The van der Waals surface area contributed by atoms with Gasteiger partial charge in [0.1, 0.15) is 11.4 Å². The molecule has 0 saturated heterocycles. The normalized spacial score (nSPS) is 17.1. The minimum absolute atomic E-state index is 0.0682. The highest BCUT2D eigenvalue weighted by molar-refractivity contribution is 6.07. The molecule has 0 bridgehead atoms. The van der Waals surface area contributed by atoms with Gasteiger partial charge in [0, 0.05) is 0 Å². The van der Waals surface area contributed by atoms with Crippen molar-refractivity contribution in [3.05, 3.63) is 36.5 Å². The van der Waals surface area contributed by atoms with E-state index in [0.29, 0.717) is 5.69 Å². The smallest absolute Gasteiger partial charge is 0.277 e. The van der Waals surface area contributed by atoms with Crippen LogP contribution in [0.5, 0.6) is 5.75 Å². The van der Waals surface area contributed by atoms with Gasteiger partial charge < -0.3 is 4.74 Å². The van der Waals surface area contributed by atoms with Crippen LogP contribution >= 0.6 is 0 Å². The fraction of sp³-hybridized carbons (Fsp3) is 0.0909. The lowest BCUT2D eigenvalue weighted by Crippen LogP contribution is -2.32. The summed E-state index contributed by atoms with van der Waals surface area (Å²) in [6.07, 6.45) is 0. The van der Waals surface area contributed by atoms with Crippen molar-refractivity contribution in [3.8, 4) is 5.75 Å². The van der Waals surface area contributed by atoms with Crippen molar-refractivity contribution >= 4 is 17.6 Å². The van der Waals surface area contributed by atoms with Crippen LogP contribution in [0.4, 0.5) is 5.69 Å². The maximum absolute atomic E-state index is 11.2. The van der Waals surface area contributed by atoms with Crippen LogP contribution in [-0.4, -0.2) is 19.0 Å². The Morgan fingerprint density at radius 3 is 2.59 bits per heavy atom. The number of rotatable bonds is 2. The fourth-order valence-electron chi connectivity index (χ4n) is 1.18. The highest BCUT2D eigenvalue weighted by atomic mass is 16.5. The molecule has 0 aromatic heterocycles. The van der Waals surface area contributed by atoms with Crippen molar-refractivity contribution in [2.45, 2.75) is 0 Å². The fourth-order valence-corrected chi connectivity index (χ4v) is 1.18. The molecule has 0 saturated carbocycles. The topological polar surface area (TPSA) is 75.4 Å². The summed E-state index contributed by atoms with van der Waals surface area (Å²) in [7, 11) is 1.59. The average Bonchev–Trinajstić information content (AvgIpc) is 2.35. The summed E-state index contributed by atoms with van der Waals surface area (Å²) in [5, 5.41) is 9.76. The number of nitrogens with zero attached hydrogens (tertiary/aromatic N) is 3. The van der Waals surface area contributed by atoms with Gasteiger partial charge in [0.25, 0.3) is 5.91 Å². The van der Waals surface area contributed by atoms with Crippen molar-refractivity contribution in [1.29, 1.82) is 0 Å². The molecule has 0 aliphatic carbocycles. The third-order valence-electron chi connectivity index (χ3n) is 2.06. The van der Waals surface area contributed by atoms with Crippen molar-refractivity contribution in [2.24, 2.45) is 15.2 Å². The monoisotopic (exact) mass is 230 g/mol. The minimum Gasteiger partial charge on any atom is -0.497 e. The Bertz CT molecular complexity index is 517. The Morgan fingerprint density at radius 2 is 2.00 bits per heavy atom. The second-order valence-corrected chi connectivity index (χ2v) is 3.23. The molecule has 6 heteroatoms. The number of ether oxygens (including phenoxy) is 1. The Kier molecular flexibility index (Phi) is 2.95. The van der Waals surface area contributed by atoms with E-state index in [-0.39, 0.29) is 11.7 Å². The molecule has 1 aromatic carbocycles. The molecule has 0 radical (unpaired) electrons. The third kappa shape index (κ3) is 2.54. The van der Waals surface area contributed by atoms with Gasteiger partial charge in [0.15, 0.2) is 0 Å². The van der Waals surface area contributed by atoms with E-state index in [1.54, 1.807) is 31.4 Å². The lowest BCUT2D eigenvalue weighted by Gasteiger charge is -2.07. The molecule has 0 spiro atoms. The van der Waals surface area contributed by atoms with Crippen LogP contribution in [0.15, 0.2) is 51.8 Å². The van der Waals surface area contributed by atoms with E-state index in [0.717, 1.165) is 5.75 Å². The summed E-state index contributed by atoms with van der Waals surface area (Å²) in [5.74, 6) is 0.483. The zero-order valence-electron chi connectivity index (χ0n) is 9.17. The van der Waals surface area contributed by atoms with Crippen molar-refractivity contribution in [2.75, 3.05) is 7.11 Å². The molecular formula is C11H10N4O2. The summed E-state index contributed by atoms with van der Waals surface area (Å²) in [6.45, 7) is 3.42. The molecule has 0 unspecified atom stereocenters. The minimum atomic E-state index is -0.396. The first-order chi connectivity index (χ1) is 8.19. The zero-order valence-corrected chi connectivity index (χ0v) is 9.17. The molecule has 0 fully saturated rings. The molecule has 1 aliphatic rings. The molecule has 6 nitrogen and oxygen atoms in total. The highest BCUT2D eigenvalue weighted by Crippen LogP contribution is 2.18. The predicted molar refractivity (Wildman–Crippen MR) is 62.2 cm³/mol. The number of azo groups is 1. The number of guanidine groups is 1. The quantitative estimate of drug-likeness (QED) is 0.786. The number of carbonyl (C=O) groups is 1. The Balaban J connectivity index is 2.21. The number of carbonyl (C=O) groups excluding carboxylic acids is 1. The molecule has 17 heavy (non-hydrogen) atoms. The van der Waals surface area contributed by atoms with Crippen LogP contribution < -0.4 is 10.1 Å². The van der Waals surface area contributed by atoms with Gasteiger partial charge >= 0.3 is 0 Å². The lowest BCUT2D eigenvalue weighted by molar-refractivity contribution is -0.116. The van der Waals surface area contributed by atoms with Gasteiger partial charge in [-0.15, -0.1) is 10.2 Å². The van der Waals surface area contributed by atoms with Gasteiger partial charge in [-0.2, -0.15) is 0 Å². The SMILES string of the molecule is C=C1N=NC(=Nc2ccc(OC)cc2)NC1=O. The summed E-state index contributed by atoms with van der Waals surface area (Å²) in [5.41, 5.74) is 0.714. The Morgan fingerprint density at radius 1 is 1.29 bits per heavy atom. The van der Waals surface area contributed by atoms with Gasteiger partial charge in [-0.05, 0) is 24.3 Å². The van der Waals surface area contributed by atoms with Gasteiger partial charge in [0.2, 0.25) is 5.96 Å². The number of hydrogen-bond acceptors (Lipinski definition) is 4. The standard InChI is InChI=1S/C11H10N4O2/c1-7-10(16)13-11(15-14-7)12-8-3-5-9(17-2)6-4-8/h3-6H,1H2,2H3,(H,12,13,16). The summed E-state index contributed by atoms with van der Waals surface area (Å²) < 4.78 is 5.02. The van der Waals surface area contributed by atoms with Crippen LogP contribution in [0, 0.1) is 0 Å². The number of nitrogens with one attached hydrogen (secondary N) is 1. The first-order valence-electron chi connectivity index (χ1n) is 4.84. The van der Waals surface area contributed by atoms with Gasteiger partial charge in [-0.3, -0.25) is 10.1 Å². The summed E-state index contributed by atoms with van der Waals surface area (Å²) in [4.78, 5) is 15.3. The average molecular weight is 230 g/mol.